The summed E-state index contributed by atoms with van der Waals surface area (Å²) in [5.74, 6) is -0.265. The van der Waals surface area contributed by atoms with Crippen molar-refractivity contribution in [1.29, 1.82) is 0 Å². The summed E-state index contributed by atoms with van der Waals surface area (Å²) in [6.45, 7) is 15.7. The molecule has 114 valence electrons. The molecular formula is C14H28N2O2Si2. The van der Waals surface area contributed by atoms with E-state index in [1.165, 1.54) is 6.08 Å². The molecule has 1 rings (SSSR count). The Kier molecular flexibility index (Phi) is 4.53. The summed E-state index contributed by atoms with van der Waals surface area (Å²) in [5.41, 5.74) is 6.43. The Hall–Kier alpha value is -0.726. The van der Waals surface area contributed by atoms with Crippen molar-refractivity contribution in [1.82, 2.24) is 4.90 Å². The molecule has 0 radical (unpaired) electrons. The van der Waals surface area contributed by atoms with Gasteiger partial charge in [0.2, 0.25) is 0 Å². The van der Waals surface area contributed by atoms with Gasteiger partial charge in [-0.3, -0.25) is 14.5 Å². The maximum absolute atomic E-state index is 12.6. The molecular weight excluding hydrogens is 284 g/mol. The number of carbonyl (C=O) groups excluding carboxylic acids is 2. The van der Waals surface area contributed by atoms with Crippen LogP contribution in [0.5, 0.6) is 0 Å². The van der Waals surface area contributed by atoms with E-state index < -0.39 is 16.1 Å². The molecule has 0 spiro atoms. The topological polar surface area (TPSA) is 63.4 Å². The van der Waals surface area contributed by atoms with Crippen molar-refractivity contribution in [3.8, 4) is 0 Å². The molecule has 0 saturated carbocycles. The standard InChI is InChI=1S/C14H28N2O2Si2/c1-11-10-12(17)16(13(11)18)14(8-9-15,19(2,3)4)20(5,6)7/h10H,8-9,15H2,1-7H3. The zero-order valence-electron chi connectivity index (χ0n) is 13.8. The lowest BCUT2D eigenvalue weighted by Gasteiger charge is -2.56. The first kappa shape index (κ1) is 17.3. The maximum atomic E-state index is 12.6. The van der Waals surface area contributed by atoms with Crippen molar-refractivity contribution in [2.24, 2.45) is 5.73 Å². The zero-order chi connectivity index (χ0) is 15.9. The minimum atomic E-state index is -1.84. The van der Waals surface area contributed by atoms with Crippen LogP contribution in [0, 0.1) is 0 Å². The van der Waals surface area contributed by atoms with E-state index in [4.69, 9.17) is 5.73 Å². The van der Waals surface area contributed by atoms with Crippen molar-refractivity contribution < 1.29 is 9.59 Å². The van der Waals surface area contributed by atoms with Crippen LogP contribution in [0.2, 0.25) is 39.3 Å². The lowest BCUT2D eigenvalue weighted by Crippen LogP contribution is -2.76. The number of rotatable bonds is 5. The Morgan fingerprint density at radius 3 is 1.80 bits per heavy atom. The van der Waals surface area contributed by atoms with Crippen molar-refractivity contribution in [2.45, 2.75) is 57.4 Å². The summed E-state index contributed by atoms with van der Waals surface area (Å²) in [7, 11) is -3.68. The second kappa shape index (κ2) is 5.23. The van der Waals surface area contributed by atoms with Gasteiger partial charge in [-0.1, -0.05) is 39.3 Å². The number of hydrogen-bond donors (Lipinski definition) is 1. The zero-order valence-corrected chi connectivity index (χ0v) is 15.8. The predicted molar refractivity (Wildman–Crippen MR) is 88.7 cm³/mol. The molecule has 0 aliphatic carbocycles. The Morgan fingerprint density at radius 1 is 1.10 bits per heavy atom. The molecule has 1 heterocycles. The van der Waals surface area contributed by atoms with Crippen LogP contribution in [0.3, 0.4) is 0 Å². The minimum Gasteiger partial charge on any atom is -0.330 e. The van der Waals surface area contributed by atoms with Gasteiger partial charge < -0.3 is 5.73 Å². The van der Waals surface area contributed by atoms with Crippen LogP contribution in [-0.2, 0) is 9.59 Å². The molecule has 0 atom stereocenters. The van der Waals surface area contributed by atoms with E-state index in [9.17, 15) is 9.59 Å². The Morgan fingerprint density at radius 2 is 1.55 bits per heavy atom. The highest BCUT2D eigenvalue weighted by Crippen LogP contribution is 2.41. The summed E-state index contributed by atoms with van der Waals surface area (Å²) >= 11 is 0. The highest BCUT2D eigenvalue weighted by molar-refractivity contribution is 6.99. The first-order chi connectivity index (χ1) is 8.90. The molecule has 6 heteroatoms. The SMILES string of the molecule is CC1=CC(=O)N(C(CCN)([Si](C)(C)C)[Si](C)(C)C)C1=O. The molecule has 2 N–H and O–H groups in total. The summed E-state index contributed by atoms with van der Waals surface area (Å²) in [6.07, 6.45) is 2.20. The van der Waals surface area contributed by atoms with E-state index in [-0.39, 0.29) is 16.6 Å². The summed E-state index contributed by atoms with van der Waals surface area (Å²) in [4.78, 5) is 26.3. The first-order valence-corrected chi connectivity index (χ1v) is 14.2. The number of hydrogen-bond acceptors (Lipinski definition) is 3. The first-order valence-electron chi connectivity index (χ1n) is 7.17. The van der Waals surface area contributed by atoms with Crippen LogP contribution < -0.4 is 5.73 Å². The number of carbonyl (C=O) groups is 2. The third kappa shape index (κ3) is 2.44. The average Bonchev–Trinajstić information content (AvgIpc) is 2.47. The molecule has 1 aliphatic heterocycles. The fourth-order valence-corrected chi connectivity index (χ4v) is 16.4. The summed E-state index contributed by atoms with van der Waals surface area (Å²) in [6, 6.07) is 0. The van der Waals surface area contributed by atoms with Gasteiger partial charge in [0.15, 0.2) is 0 Å². The van der Waals surface area contributed by atoms with Gasteiger partial charge in [-0.05, 0) is 19.9 Å². The van der Waals surface area contributed by atoms with Crippen molar-refractivity contribution in [2.75, 3.05) is 6.54 Å². The monoisotopic (exact) mass is 312 g/mol. The van der Waals surface area contributed by atoms with Crippen LogP contribution in [0.4, 0.5) is 0 Å². The quantitative estimate of drug-likeness (QED) is 0.625. The van der Waals surface area contributed by atoms with E-state index in [0.29, 0.717) is 12.1 Å². The van der Waals surface area contributed by atoms with Crippen molar-refractivity contribution in [3.05, 3.63) is 11.6 Å². The lowest BCUT2D eigenvalue weighted by atomic mass is 10.3. The molecule has 2 amide bonds. The summed E-state index contributed by atoms with van der Waals surface area (Å²) < 4.78 is 0. The number of amides is 2. The molecule has 0 saturated heterocycles. The van der Waals surface area contributed by atoms with E-state index >= 15 is 0 Å². The van der Waals surface area contributed by atoms with Crippen LogP contribution >= 0.6 is 0 Å². The van der Waals surface area contributed by atoms with Gasteiger partial charge in [0.05, 0.1) is 16.1 Å². The van der Waals surface area contributed by atoms with Crippen LogP contribution in [0.25, 0.3) is 0 Å². The molecule has 0 aromatic carbocycles. The van der Waals surface area contributed by atoms with Gasteiger partial charge in [-0.2, -0.15) is 0 Å². The molecule has 4 nitrogen and oxygen atoms in total. The third-order valence-electron chi connectivity index (χ3n) is 4.47. The number of imide groups is 1. The Labute approximate surface area is 124 Å². The second-order valence-electron chi connectivity index (χ2n) is 7.71. The van der Waals surface area contributed by atoms with Gasteiger partial charge in [0, 0.05) is 16.4 Å². The third-order valence-corrected chi connectivity index (χ3v) is 14.9. The molecule has 0 aromatic heterocycles. The largest absolute Gasteiger partial charge is 0.330 e. The van der Waals surface area contributed by atoms with E-state index in [1.807, 2.05) is 0 Å². The summed E-state index contributed by atoms with van der Waals surface area (Å²) in [5, 5.41) is 0. The predicted octanol–water partition coefficient (Wildman–Crippen LogP) is 2.14. The highest BCUT2D eigenvalue weighted by atomic mass is 28.4. The van der Waals surface area contributed by atoms with E-state index in [2.05, 4.69) is 39.3 Å². The number of nitrogens with two attached hydrogens (primary N) is 1. The van der Waals surface area contributed by atoms with Gasteiger partial charge >= 0.3 is 0 Å². The number of nitrogens with zero attached hydrogens (tertiary/aromatic N) is 1. The lowest BCUT2D eigenvalue weighted by molar-refractivity contribution is -0.139. The molecule has 0 bridgehead atoms. The molecule has 0 unspecified atom stereocenters. The Bertz CT molecular complexity index is 445. The van der Waals surface area contributed by atoms with Gasteiger partial charge in [0.1, 0.15) is 0 Å². The van der Waals surface area contributed by atoms with E-state index in [0.717, 1.165) is 6.42 Å². The molecule has 0 aromatic rings. The van der Waals surface area contributed by atoms with Crippen LogP contribution in [0.15, 0.2) is 11.6 Å². The Balaban J connectivity index is 3.54. The minimum absolute atomic E-state index is 0.117. The van der Waals surface area contributed by atoms with Crippen LogP contribution in [0.1, 0.15) is 13.3 Å². The van der Waals surface area contributed by atoms with Gasteiger partial charge in [-0.15, -0.1) is 0 Å². The fourth-order valence-electron chi connectivity index (χ4n) is 3.82. The average molecular weight is 313 g/mol. The second-order valence-corrected chi connectivity index (χ2v) is 18.9. The normalized spacial score (nSPS) is 17.8. The van der Waals surface area contributed by atoms with Crippen molar-refractivity contribution >= 4 is 28.0 Å². The van der Waals surface area contributed by atoms with E-state index in [1.54, 1.807) is 11.8 Å². The smallest absolute Gasteiger partial charge is 0.256 e. The molecule has 0 fully saturated rings. The fraction of sp³-hybridized carbons (Fsp3) is 0.714. The molecule has 1 aliphatic rings. The maximum Gasteiger partial charge on any atom is 0.256 e. The van der Waals surface area contributed by atoms with Crippen molar-refractivity contribution in [3.63, 3.8) is 0 Å². The van der Waals surface area contributed by atoms with Crippen LogP contribution in [-0.4, -0.2) is 44.2 Å². The van der Waals surface area contributed by atoms with Gasteiger partial charge in [-0.25, -0.2) is 0 Å². The molecule has 20 heavy (non-hydrogen) atoms. The highest BCUT2D eigenvalue weighted by Gasteiger charge is 2.59. The van der Waals surface area contributed by atoms with Gasteiger partial charge in [0.25, 0.3) is 11.8 Å².